The number of nitrogens with one attached hydrogen (secondary N) is 2. The molecule has 2 nitrogen and oxygen atoms in total. The van der Waals surface area contributed by atoms with Crippen LogP contribution in [0.5, 0.6) is 0 Å². The van der Waals surface area contributed by atoms with E-state index in [0.29, 0.717) is 6.04 Å². The van der Waals surface area contributed by atoms with Gasteiger partial charge in [0, 0.05) is 22.8 Å². The Kier molecular flexibility index (Phi) is 1.97. The summed E-state index contributed by atoms with van der Waals surface area (Å²) in [6, 6.07) is 17.5. The maximum absolute atomic E-state index is 3.51. The molecule has 1 aliphatic heterocycles. The van der Waals surface area contributed by atoms with Crippen LogP contribution in [-0.2, 0) is 6.42 Å². The van der Waals surface area contributed by atoms with Gasteiger partial charge in [-0.15, -0.1) is 0 Å². The van der Waals surface area contributed by atoms with Gasteiger partial charge in [-0.25, -0.2) is 0 Å². The molecule has 1 aromatic heterocycles. The largest absolute Gasteiger partial charge is 0.378 e. The molecule has 0 radical (unpaired) electrons. The minimum absolute atomic E-state index is 0.459. The first-order chi connectivity index (χ1) is 8.92. The Morgan fingerprint density at radius 2 is 1.78 bits per heavy atom. The zero-order valence-corrected chi connectivity index (χ0v) is 9.98. The molecule has 1 atom stereocenters. The fraction of sp³-hybridized carbons (Fsp3) is 0.125. The summed E-state index contributed by atoms with van der Waals surface area (Å²) in [7, 11) is 0. The van der Waals surface area contributed by atoms with Gasteiger partial charge < -0.3 is 10.3 Å². The van der Waals surface area contributed by atoms with E-state index < -0.39 is 0 Å². The lowest BCUT2D eigenvalue weighted by atomic mass is 9.91. The van der Waals surface area contributed by atoms with E-state index in [1.54, 1.807) is 0 Å². The predicted octanol–water partition coefficient (Wildman–Crippen LogP) is 3.88. The summed E-state index contributed by atoms with van der Waals surface area (Å²) in [5, 5.41) is 4.85. The number of anilines is 1. The molecule has 2 N–H and O–H groups in total. The summed E-state index contributed by atoms with van der Waals surface area (Å²) in [6.45, 7) is 0. The van der Waals surface area contributed by atoms with Gasteiger partial charge in [0.15, 0.2) is 0 Å². The number of para-hydroxylation sites is 2. The van der Waals surface area contributed by atoms with Gasteiger partial charge in [0.25, 0.3) is 0 Å². The highest BCUT2D eigenvalue weighted by Crippen LogP contribution is 2.38. The molecule has 0 spiro atoms. The van der Waals surface area contributed by atoms with E-state index in [9.17, 15) is 0 Å². The van der Waals surface area contributed by atoms with Gasteiger partial charge in [0.1, 0.15) is 0 Å². The van der Waals surface area contributed by atoms with E-state index in [1.807, 2.05) is 0 Å². The molecule has 1 unspecified atom stereocenters. The maximum Gasteiger partial charge on any atom is 0.0575 e. The highest BCUT2D eigenvalue weighted by Gasteiger charge is 2.25. The molecular formula is C16H14N2. The molecule has 0 saturated heterocycles. The first-order valence-corrected chi connectivity index (χ1v) is 6.32. The number of aromatic amines is 1. The molecule has 0 aliphatic carbocycles. The fourth-order valence-corrected chi connectivity index (χ4v) is 2.80. The molecule has 3 aromatic rings. The van der Waals surface area contributed by atoms with Gasteiger partial charge in [-0.1, -0.05) is 36.4 Å². The van der Waals surface area contributed by atoms with Crippen molar-refractivity contribution in [2.75, 3.05) is 5.32 Å². The van der Waals surface area contributed by atoms with Crippen molar-refractivity contribution in [3.63, 3.8) is 0 Å². The van der Waals surface area contributed by atoms with Gasteiger partial charge in [-0.05, 0) is 29.7 Å². The van der Waals surface area contributed by atoms with Crippen LogP contribution in [0, 0.1) is 0 Å². The van der Waals surface area contributed by atoms with Crippen molar-refractivity contribution in [2.24, 2.45) is 0 Å². The molecule has 0 bridgehead atoms. The number of rotatable bonds is 2. The van der Waals surface area contributed by atoms with E-state index >= 15 is 0 Å². The molecule has 0 saturated carbocycles. The van der Waals surface area contributed by atoms with Crippen LogP contribution in [0.2, 0.25) is 0 Å². The number of H-pyrrole nitrogens is 1. The van der Waals surface area contributed by atoms with Gasteiger partial charge in [0.05, 0.1) is 6.04 Å². The first-order valence-electron chi connectivity index (χ1n) is 6.32. The zero-order valence-electron chi connectivity index (χ0n) is 9.98. The molecular weight excluding hydrogens is 220 g/mol. The molecule has 2 heteroatoms. The van der Waals surface area contributed by atoms with Crippen molar-refractivity contribution < 1.29 is 0 Å². The van der Waals surface area contributed by atoms with Crippen molar-refractivity contribution in [3.05, 3.63) is 65.9 Å². The van der Waals surface area contributed by atoms with Gasteiger partial charge in [-0.3, -0.25) is 0 Å². The van der Waals surface area contributed by atoms with Crippen LogP contribution in [0.3, 0.4) is 0 Å². The van der Waals surface area contributed by atoms with Gasteiger partial charge in [-0.2, -0.15) is 0 Å². The number of hydrogen-bond acceptors (Lipinski definition) is 1. The predicted molar refractivity (Wildman–Crippen MR) is 74.8 cm³/mol. The molecule has 2 heterocycles. The Labute approximate surface area is 106 Å². The minimum atomic E-state index is 0.459. The lowest BCUT2D eigenvalue weighted by molar-refractivity contribution is 0.730. The van der Waals surface area contributed by atoms with Crippen LogP contribution in [0.15, 0.2) is 54.7 Å². The fourth-order valence-electron chi connectivity index (χ4n) is 2.80. The third-order valence-electron chi connectivity index (χ3n) is 3.76. The van der Waals surface area contributed by atoms with E-state index in [-0.39, 0.29) is 0 Å². The standard InChI is InChI=1S/C16H14N2/c1-3-7-14-12(5-1)11(10-17-14)9-16-13-6-2-4-8-15(13)18-16/h1-8,10,16-18H,9H2. The maximum atomic E-state index is 3.51. The van der Waals surface area contributed by atoms with Crippen molar-refractivity contribution in [1.82, 2.24) is 4.98 Å². The Morgan fingerprint density at radius 3 is 2.72 bits per heavy atom. The SMILES string of the molecule is c1ccc2c(c1)NC2Cc1c[nH]c2ccccc12. The number of aromatic nitrogens is 1. The van der Waals surface area contributed by atoms with Crippen molar-refractivity contribution >= 4 is 16.6 Å². The topological polar surface area (TPSA) is 27.8 Å². The molecule has 1 aliphatic rings. The second-order valence-corrected chi connectivity index (χ2v) is 4.85. The van der Waals surface area contributed by atoms with E-state index in [2.05, 4.69) is 65.0 Å². The minimum Gasteiger partial charge on any atom is -0.378 e. The summed E-state index contributed by atoms with van der Waals surface area (Å²) in [6.07, 6.45) is 3.17. The molecule has 0 amide bonds. The van der Waals surface area contributed by atoms with E-state index in [4.69, 9.17) is 0 Å². The van der Waals surface area contributed by atoms with Gasteiger partial charge in [0.2, 0.25) is 0 Å². The molecule has 88 valence electrons. The van der Waals surface area contributed by atoms with Crippen LogP contribution in [-0.4, -0.2) is 4.98 Å². The Bertz CT molecular complexity index is 712. The summed E-state index contributed by atoms with van der Waals surface area (Å²) >= 11 is 0. The monoisotopic (exact) mass is 234 g/mol. The highest BCUT2D eigenvalue weighted by molar-refractivity contribution is 5.83. The summed E-state index contributed by atoms with van der Waals surface area (Å²) in [5.41, 5.74) is 5.32. The number of benzene rings is 2. The second-order valence-electron chi connectivity index (χ2n) is 4.85. The Hall–Kier alpha value is -2.22. The van der Waals surface area contributed by atoms with Crippen molar-refractivity contribution in [2.45, 2.75) is 12.5 Å². The van der Waals surface area contributed by atoms with Crippen LogP contribution < -0.4 is 5.32 Å². The third kappa shape index (κ3) is 1.35. The third-order valence-corrected chi connectivity index (χ3v) is 3.76. The van der Waals surface area contributed by atoms with Crippen molar-refractivity contribution in [1.29, 1.82) is 0 Å². The van der Waals surface area contributed by atoms with Crippen LogP contribution in [0.25, 0.3) is 10.9 Å². The van der Waals surface area contributed by atoms with Crippen molar-refractivity contribution in [3.8, 4) is 0 Å². The normalized spacial score (nSPS) is 17.0. The average molecular weight is 234 g/mol. The summed E-state index contributed by atoms with van der Waals surface area (Å²) < 4.78 is 0. The van der Waals surface area contributed by atoms with E-state index in [0.717, 1.165) is 6.42 Å². The van der Waals surface area contributed by atoms with Crippen LogP contribution in [0.1, 0.15) is 17.2 Å². The molecule has 18 heavy (non-hydrogen) atoms. The Morgan fingerprint density at radius 1 is 0.944 bits per heavy atom. The summed E-state index contributed by atoms with van der Waals surface area (Å²) in [4.78, 5) is 3.34. The van der Waals surface area contributed by atoms with E-state index in [1.165, 1.54) is 27.7 Å². The van der Waals surface area contributed by atoms with Crippen LogP contribution in [0.4, 0.5) is 5.69 Å². The molecule has 4 rings (SSSR count). The quantitative estimate of drug-likeness (QED) is 0.692. The second kappa shape index (κ2) is 3.64. The van der Waals surface area contributed by atoms with Gasteiger partial charge >= 0.3 is 0 Å². The smallest absolute Gasteiger partial charge is 0.0575 e. The molecule has 2 aromatic carbocycles. The summed E-state index contributed by atoms with van der Waals surface area (Å²) in [5.74, 6) is 0. The number of hydrogen-bond donors (Lipinski definition) is 2. The lowest BCUT2D eigenvalue weighted by Gasteiger charge is -2.32. The lowest BCUT2D eigenvalue weighted by Crippen LogP contribution is -2.24. The highest BCUT2D eigenvalue weighted by atomic mass is 15.0. The number of fused-ring (bicyclic) bond motifs is 2. The van der Waals surface area contributed by atoms with Crippen LogP contribution >= 0.6 is 0 Å². The first kappa shape index (κ1) is 9.77. The zero-order chi connectivity index (χ0) is 11.9. The molecule has 0 fully saturated rings. The Balaban J connectivity index is 1.67. The average Bonchev–Trinajstić information content (AvgIpc) is 2.79.